The molecule has 1 amide bonds. The van der Waals surface area contributed by atoms with E-state index in [1.54, 1.807) is 19.9 Å². The molecule has 0 bridgehead atoms. The van der Waals surface area contributed by atoms with E-state index in [1.807, 2.05) is 13.8 Å². The number of thioether (sulfide) groups is 1. The molecule has 4 N–H and O–H groups in total. The van der Waals surface area contributed by atoms with Crippen LogP contribution >= 0.6 is 11.8 Å². The van der Waals surface area contributed by atoms with Gasteiger partial charge in [0.05, 0.1) is 5.25 Å². The summed E-state index contributed by atoms with van der Waals surface area (Å²) in [5.74, 6) is 1.06. The Morgan fingerprint density at radius 3 is 2.67 bits per heavy atom. The standard InChI is InChI=1S/C19H31N3O7S/c1-12-9-17(13(2)14(3)18(12)24)28-11-16(23)10-20-5-6-21-19(25)15(4)30-8-7-29-22(26)27/h9,15-16,20,23-24H,5-8,10-11H2,1-4H3,(H,21,25). The molecule has 0 radical (unpaired) electrons. The summed E-state index contributed by atoms with van der Waals surface area (Å²) in [5.41, 5.74) is 2.30. The number of carbonyl (C=O) groups excluding carboxylic acids is 1. The van der Waals surface area contributed by atoms with Gasteiger partial charge in [-0.05, 0) is 50.5 Å². The van der Waals surface area contributed by atoms with E-state index < -0.39 is 11.2 Å². The predicted molar refractivity (Wildman–Crippen MR) is 115 cm³/mol. The van der Waals surface area contributed by atoms with Gasteiger partial charge in [0.2, 0.25) is 5.91 Å². The topological polar surface area (TPSA) is 143 Å². The zero-order valence-corrected chi connectivity index (χ0v) is 18.6. The van der Waals surface area contributed by atoms with E-state index in [0.29, 0.717) is 36.7 Å². The number of nitrogens with zero attached hydrogens (tertiary/aromatic N) is 1. The van der Waals surface area contributed by atoms with Crippen LogP contribution in [0.2, 0.25) is 0 Å². The van der Waals surface area contributed by atoms with Gasteiger partial charge < -0.3 is 30.4 Å². The van der Waals surface area contributed by atoms with Gasteiger partial charge >= 0.3 is 0 Å². The van der Waals surface area contributed by atoms with Gasteiger partial charge in [0.15, 0.2) is 0 Å². The number of aromatic hydroxyl groups is 1. The molecule has 2 atom stereocenters. The highest BCUT2D eigenvalue weighted by Gasteiger charge is 2.14. The van der Waals surface area contributed by atoms with Gasteiger partial charge in [-0.25, -0.2) is 0 Å². The maximum atomic E-state index is 11.9. The third-order valence-corrected chi connectivity index (χ3v) is 5.55. The van der Waals surface area contributed by atoms with Gasteiger partial charge in [0, 0.05) is 25.4 Å². The summed E-state index contributed by atoms with van der Waals surface area (Å²) in [6.07, 6.45) is -0.731. The van der Waals surface area contributed by atoms with Gasteiger partial charge in [-0.3, -0.25) is 4.79 Å². The van der Waals surface area contributed by atoms with E-state index in [4.69, 9.17) is 4.74 Å². The maximum Gasteiger partial charge on any atom is 0.294 e. The smallest absolute Gasteiger partial charge is 0.294 e. The number of aryl methyl sites for hydroxylation is 1. The molecule has 1 aromatic carbocycles. The first-order chi connectivity index (χ1) is 14.1. The summed E-state index contributed by atoms with van der Waals surface area (Å²) >= 11 is 1.27. The number of amides is 1. The van der Waals surface area contributed by atoms with Crippen molar-refractivity contribution in [3.63, 3.8) is 0 Å². The van der Waals surface area contributed by atoms with E-state index in [9.17, 15) is 25.1 Å². The van der Waals surface area contributed by atoms with Crippen LogP contribution in [0, 0.1) is 30.9 Å². The van der Waals surface area contributed by atoms with Gasteiger partial charge in [-0.15, -0.1) is 21.9 Å². The molecule has 0 heterocycles. The van der Waals surface area contributed by atoms with Crippen molar-refractivity contribution in [3.05, 3.63) is 32.9 Å². The SMILES string of the molecule is Cc1cc(OCC(O)CNCCNC(=O)C(C)SCCO[N+](=O)[O-])c(C)c(C)c1O. The Morgan fingerprint density at radius 2 is 2.00 bits per heavy atom. The summed E-state index contributed by atoms with van der Waals surface area (Å²) in [6, 6.07) is 1.75. The van der Waals surface area contributed by atoms with Crippen LogP contribution in [0.1, 0.15) is 23.6 Å². The van der Waals surface area contributed by atoms with Crippen LogP contribution in [0.25, 0.3) is 0 Å². The Labute approximate surface area is 180 Å². The summed E-state index contributed by atoms with van der Waals surface area (Å²) < 4.78 is 5.68. The van der Waals surface area contributed by atoms with Crippen LogP contribution in [-0.2, 0) is 9.63 Å². The van der Waals surface area contributed by atoms with E-state index in [0.717, 1.165) is 11.1 Å². The second-order valence-corrected chi connectivity index (χ2v) is 8.27. The normalized spacial score (nSPS) is 12.8. The van der Waals surface area contributed by atoms with E-state index in [1.165, 1.54) is 11.8 Å². The number of hydrogen-bond donors (Lipinski definition) is 4. The number of phenolic OH excluding ortho intramolecular Hbond substituents is 1. The molecule has 0 aliphatic rings. The van der Waals surface area contributed by atoms with Crippen LogP contribution in [0.4, 0.5) is 0 Å². The molecular weight excluding hydrogens is 414 g/mol. The van der Waals surface area contributed by atoms with Crippen molar-refractivity contribution < 1.29 is 29.7 Å². The summed E-state index contributed by atoms with van der Waals surface area (Å²) in [7, 11) is 0. The number of nitrogens with one attached hydrogen (secondary N) is 2. The van der Waals surface area contributed by atoms with Gasteiger partial charge in [0.25, 0.3) is 5.09 Å². The average Bonchev–Trinajstić information content (AvgIpc) is 2.70. The Hall–Kier alpha value is -2.24. The van der Waals surface area contributed by atoms with E-state index in [2.05, 4.69) is 15.5 Å². The number of ether oxygens (including phenoxy) is 1. The van der Waals surface area contributed by atoms with Crippen molar-refractivity contribution in [2.45, 2.75) is 39.0 Å². The second-order valence-electron chi connectivity index (χ2n) is 6.82. The van der Waals surface area contributed by atoms with E-state index in [-0.39, 0.29) is 30.1 Å². The third kappa shape index (κ3) is 9.06. The summed E-state index contributed by atoms with van der Waals surface area (Å²) in [5, 5.41) is 34.6. The molecule has 10 nitrogen and oxygen atoms in total. The van der Waals surface area contributed by atoms with Crippen molar-refractivity contribution in [1.29, 1.82) is 0 Å². The Bertz CT molecular complexity index is 718. The zero-order chi connectivity index (χ0) is 22.7. The van der Waals surface area contributed by atoms with Crippen molar-refractivity contribution in [2.24, 2.45) is 0 Å². The van der Waals surface area contributed by atoms with Crippen molar-refractivity contribution in [3.8, 4) is 11.5 Å². The van der Waals surface area contributed by atoms with Crippen LogP contribution in [0.3, 0.4) is 0 Å². The minimum atomic E-state index is -0.857. The highest BCUT2D eigenvalue weighted by molar-refractivity contribution is 8.00. The molecule has 0 spiro atoms. The quantitative estimate of drug-likeness (QED) is 0.188. The molecule has 30 heavy (non-hydrogen) atoms. The fourth-order valence-electron chi connectivity index (χ4n) is 2.53. The molecule has 1 rings (SSSR count). The van der Waals surface area contributed by atoms with Crippen LogP contribution < -0.4 is 15.4 Å². The Balaban J connectivity index is 2.19. The number of rotatable bonds is 14. The molecular formula is C19H31N3O7S. The van der Waals surface area contributed by atoms with Crippen molar-refractivity contribution in [1.82, 2.24) is 10.6 Å². The first-order valence-corrected chi connectivity index (χ1v) is 10.7. The molecule has 0 saturated carbocycles. The molecule has 0 fully saturated rings. The Kier molecular flexibility index (Phi) is 11.3. The first-order valence-electron chi connectivity index (χ1n) is 9.61. The second kappa shape index (κ2) is 13.1. The molecule has 0 aromatic heterocycles. The highest BCUT2D eigenvalue weighted by atomic mass is 32.2. The van der Waals surface area contributed by atoms with Gasteiger partial charge in [-0.1, -0.05) is 0 Å². The van der Waals surface area contributed by atoms with Crippen molar-refractivity contribution >= 4 is 17.7 Å². The Morgan fingerprint density at radius 1 is 1.30 bits per heavy atom. The maximum absolute atomic E-state index is 11.9. The van der Waals surface area contributed by atoms with Crippen LogP contribution in [0.5, 0.6) is 11.5 Å². The highest BCUT2D eigenvalue weighted by Crippen LogP contribution is 2.31. The molecule has 2 unspecified atom stereocenters. The van der Waals surface area contributed by atoms with E-state index >= 15 is 0 Å². The van der Waals surface area contributed by atoms with Crippen LogP contribution in [0.15, 0.2) is 6.07 Å². The lowest BCUT2D eigenvalue weighted by Crippen LogP contribution is -2.39. The third-order valence-electron chi connectivity index (χ3n) is 4.44. The lowest BCUT2D eigenvalue weighted by Gasteiger charge is -2.17. The summed E-state index contributed by atoms with van der Waals surface area (Å²) in [6.45, 7) is 8.38. The fourth-order valence-corrected chi connectivity index (χ4v) is 3.28. The summed E-state index contributed by atoms with van der Waals surface area (Å²) in [4.78, 5) is 26.2. The number of hydrogen-bond acceptors (Lipinski definition) is 9. The molecule has 0 saturated heterocycles. The minimum absolute atomic E-state index is 0.0559. The largest absolute Gasteiger partial charge is 0.507 e. The van der Waals surface area contributed by atoms with Crippen LogP contribution in [-0.4, -0.2) is 71.2 Å². The molecule has 0 aliphatic heterocycles. The fraction of sp³-hybridized carbons (Fsp3) is 0.632. The number of phenols is 1. The molecule has 1 aromatic rings. The van der Waals surface area contributed by atoms with Crippen molar-refractivity contribution in [2.75, 3.05) is 38.6 Å². The van der Waals surface area contributed by atoms with Gasteiger partial charge in [0.1, 0.15) is 30.8 Å². The van der Waals surface area contributed by atoms with Gasteiger partial charge in [-0.2, -0.15) is 0 Å². The zero-order valence-electron chi connectivity index (χ0n) is 17.8. The lowest BCUT2D eigenvalue weighted by molar-refractivity contribution is -0.756. The number of aliphatic hydroxyl groups is 1. The first kappa shape index (κ1) is 25.8. The molecule has 170 valence electrons. The minimum Gasteiger partial charge on any atom is -0.507 e. The lowest BCUT2D eigenvalue weighted by atomic mass is 10.0. The predicted octanol–water partition coefficient (Wildman–Crippen LogP) is 1.09. The average molecular weight is 446 g/mol. The number of aliphatic hydroxyl groups excluding tert-OH is 1. The monoisotopic (exact) mass is 445 g/mol. The molecule has 11 heteroatoms. The number of carbonyl (C=O) groups is 1. The number of benzene rings is 1. The molecule has 0 aliphatic carbocycles.